The average molecular weight is 328 g/mol. The van der Waals surface area contributed by atoms with Crippen LogP contribution in [0.25, 0.3) is 11.3 Å². The monoisotopic (exact) mass is 328 g/mol. The maximum Gasteiger partial charge on any atom is 0.224 e. The highest BCUT2D eigenvalue weighted by Crippen LogP contribution is 2.22. The maximum absolute atomic E-state index is 12.3. The van der Waals surface area contributed by atoms with Gasteiger partial charge in [0.25, 0.3) is 0 Å². The molecule has 1 N–H and O–H groups in total. The Morgan fingerprint density at radius 1 is 1.29 bits per heavy atom. The summed E-state index contributed by atoms with van der Waals surface area (Å²) in [4.78, 5) is 14.6. The summed E-state index contributed by atoms with van der Waals surface area (Å²) in [6.45, 7) is 3.80. The molecule has 2 heterocycles. The predicted molar refractivity (Wildman–Crippen MR) is 92.4 cm³/mol. The molecule has 0 bridgehead atoms. The number of likely N-dealkylation sites (tertiary alicyclic amines) is 1. The van der Waals surface area contributed by atoms with Crippen molar-refractivity contribution in [3.05, 3.63) is 48.2 Å². The minimum absolute atomic E-state index is 0.0606. The molecule has 2 aromatic rings. The molecule has 5 nitrogen and oxygen atoms in total. The van der Waals surface area contributed by atoms with Crippen molar-refractivity contribution >= 4 is 5.91 Å². The zero-order chi connectivity index (χ0) is 16.8. The lowest BCUT2D eigenvalue weighted by Gasteiger charge is -2.15. The average Bonchev–Trinajstić information content (AvgIpc) is 3.28. The summed E-state index contributed by atoms with van der Waals surface area (Å²) >= 11 is 0. The Bertz CT molecular complexity index is 654. The van der Waals surface area contributed by atoms with E-state index in [1.54, 1.807) is 7.11 Å². The van der Waals surface area contributed by atoms with Crippen LogP contribution in [0.5, 0.6) is 0 Å². The minimum atomic E-state index is 0.0606. The van der Waals surface area contributed by atoms with E-state index in [0.717, 1.165) is 43.1 Å². The minimum Gasteiger partial charge on any atom is -0.459 e. The Morgan fingerprint density at radius 3 is 2.92 bits per heavy atom. The van der Waals surface area contributed by atoms with Crippen molar-refractivity contribution in [2.24, 2.45) is 5.92 Å². The van der Waals surface area contributed by atoms with E-state index in [-0.39, 0.29) is 11.8 Å². The van der Waals surface area contributed by atoms with Crippen LogP contribution in [0.4, 0.5) is 0 Å². The largest absolute Gasteiger partial charge is 0.459 e. The van der Waals surface area contributed by atoms with Gasteiger partial charge in [-0.2, -0.15) is 0 Å². The van der Waals surface area contributed by atoms with Crippen molar-refractivity contribution in [1.82, 2.24) is 10.2 Å². The number of furan rings is 1. The van der Waals surface area contributed by atoms with Crippen LogP contribution < -0.4 is 5.32 Å². The molecule has 1 atom stereocenters. The van der Waals surface area contributed by atoms with E-state index in [9.17, 15) is 4.79 Å². The fourth-order valence-corrected chi connectivity index (χ4v) is 3.02. The third-order valence-corrected chi connectivity index (χ3v) is 4.41. The fourth-order valence-electron chi connectivity index (χ4n) is 3.02. The highest BCUT2D eigenvalue weighted by Gasteiger charge is 2.27. The second-order valence-electron chi connectivity index (χ2n) is 6.13. The normalized spacial score (nSPS) is 18.0. The van der Waals surface area contributed by atoms with Gasteiger partial charge in [-0.1, -0.05) is 30.3 Å². The summed E-state index contributed by atoms with van der Waals surface area (Å²) in [5, 5.41) is 2.99. The number of rotatable bonds is 7. The van der Waals surface area contributed by atoms with E-state index in [1.165, 1.54) is 0 Å². The molecule has 128 valence electrons. The fraction of sp³-hybridized carbons (Fsp3) is 0.421. The lowest BCUT2D eigenvalue weighted by molar-refractivity contribution is -0.124. The standard InChI is InChI=1S/C19H24N2O3/c1-23-12-11-21-10-9-16(14-21)19(22)20-13-17-7-8-18(24-17)15-5-3-2-4-6-15/h2-8,16H,9-14H2,1H3,(H,20,22)/t16-/m1/s1. The first kappa shape index (κ1) is 16.7. The molecule has 0 unspecified atom stereocenters. The summed E-state index contributed by atoms with van der Waals surface area (Å²) in [6, 6.07) is 13.8. The Kier molecular flexibility index (Phi) is 5.67. The van der Waals surface area contributed by atoms with Gasteiger partial charge in [0.1, 0.15) is 11.5 Å². The van der Waals surface area contributed by atoms with E-state index < -0.39 is 0 Å². The molecule has 24 heavy (non-hydrogen) atoms. The highest BCUT2D eigenvalue weighted by molar-refractivity contribution is 5.79. The summed E-state index contributed by atoms with van der Waals surface area (Å²) in [6.07, 6.45) is 0.906. The molecular weight excluding hydrogens is 304 g/mol. The van der Waals surface area contributed by atoms with Crippen LogP contribution in [0.3, 0.4) is 0 Å². The zero-order valence-electron chi connectivity index (χ0n) is 14.0. The Hall–Kier alpha value is -2.11. The van der Waals surface area contributed by atoms with Gasteiger partial charge >= 0.3 is 0 Å². The lowest BCUT2D eigenvalue weighted by Crippen LogP contribution is -2.33. The van der Waals surface area contributed by atoms with Crippen molar-refractivity contribution in [2.75, 3.05) is 33.4 Å². The topological polar surface area (TPSA) is 54.7 Å². The van der Waals surface area contributed by atoms with Crippen molar-refractivity contribution in [3.63, 3.8) is 0 Å². The Labute approximate surface area is 142 Å². The van der Waals surface area contributed by atoms with Gasteiger partial charge in [-0.3, -0.25) is 4.79 Å². The van der Waals surface area contributed by atoms with Crippen molar-refractivity contribution < 1.29 is 13.9 Å². The third-order valence-electron chi connectivity index (χ3n) is 4.41. The van der Waals surface area contributed by atoms with Crippen LogP contribution in [0.2, 0.25) is 0 Å². The van der Waals surface area contributed by atoms with Crippen LogP contribution in [-0.2, 0) is 16.1 Å². The van der Waals surface area contributed by atoms with Crippen LogP contribution in [0.15, 0.2) is 46.9 Å². The van der Waals surface area contributed by atoms with Gasteiger partial charge in [0, 0.05) is 25.8 Å². The second kappa shape index (κ2) is 8.13. The Balaban J connectivity index is 1.48. The Morgan fingerprint density at radius 2 is 2.12 bits per heavy atom. The van der Waals surface area contributed by atoms with Crippen LogP contribution >= 0.6 is 0 Å². The number of benzene rings is 1. The molecule has 0 spiro atoms. The summed E-state index contributed by atoms with van der Waals surface area (Å²) in [7, 11) is 1.70. The molecule has 0 saturated carbocycles. The van der Waals surface area contributed by atoms with Gasteiger partial charge < -0.3 is 19.4 Å². The van der Waals surface area contributed by atoms with Gasteiger partial charge in [-0.25, -0.2) is 0 Å². The van der Waals surface area contributed by atoms with Crippen molar-refractivity contribution in [2.45, 2.75) is 13.0 Å². The van der Waals surface area contributed by atoms with E-state index in [4.69, 9.17) is 9.15 Å². The summed E-state index contributed by atoms with van der Waals surface area (Å²) in [5.74, 6) is 1.76. The van der Waals surface area contributed by atoms with Crippen molar-refractivity contribution in [1.29, 1.82) is 0 Å². The highest BCUT2D eigenvalue weighted by atomic mass is 16.5. The summed E-state index contributed by atoms with van der Waals surface area (Å²) in [5.41, 5.74) is 1.04. The number of methoxy groups -OCH3 is 1. The van der Waals surface area contributed by atoms with E-state index in [0.29, 0.717) is 13.2 Å². The summed E-state index contributed by atoms with van der Waals surface area (Å²) < 4.78 is 10.9. The van der Waals surface area contributed by atoms with E-state index >= 15 is 0 Å². The third kappa shape index (κ3) is 4.24. The molecule has 5 heteroatoms. The number of carbonyl (C=O) groups excluding carboxylic acids is 1. The van der Waals surface area contributed by atoms with E-state index in [1.807, 2.05) is 42.5 Å². The molecule has 1 fully saturated rings. The molecule has 0 radical (unpaired) electrons. The SMILES string of the molecule is COCCN1CC[C@@H](C(=O)NCc2ccc(-c3ccccc3)o2)C1. The number of nitrogens with zero attached hydrogens (tertiary/aromatic N) is 1. The van der Waals surface area contributed by atoms with Gasteiger partial charge in [-0.15, -0.1) is 0 Å². The molecule has 1 amide bonds. The molecule has 1 aromatic carbocycles. The quantitative estimate of drug-likeness (QED) is 0.848. The number of hydrogen-bond acceptors (Lipinski definition) is 4. The maximum atomic E-state index is 12.3. The van der Waals surface area contributed by atoms with Gasteiger partial charge in [0.15, 0.2) is 0 Å². The first-order valence-corrected chi connectivity index (χ1v) is 8.39. The van der Waals surface area contributed by atoms with Gasteiger partial charge in [-0.05, 0) is 25.1 Å². The van der Waals surface area contributed by atoms with E-state index in [2.05, 4.69) is 10.2 Å². The smallest absolute Gasteiger partial charge is 0.224 e. The molecular formula is C19H24N2O3. The molecule has 1 aromatic heterocycles. The molecule has 0 aliphatic carbocycles. The number of amides is 1. The van der Waals surface area contributed by atoms with Crippen LogP contribution in [-0.4, -0.2) is 44.2 Å². The first-order chi connectivity index (χ1) is 11.8. The molecule has 1 saturated heterocycles. The van der Waals surface area contributed by atoms with Gasteiger partial charge in [0.05, 0.1) is 19.1 Å². The molecule has 1 aliphatic heterocycles. The number of hydrogen-bond donors (Lipinski definition) is 1. The number of ether oxygens (including phenoxy) is 1. The molecule has 3 rings (SSSR count). The zero-order valence-corrected chi connectivity index (χ0v) is 14.0. The number of carbonyl (C=O) groups is 1. The predicted octanol–water partition coefficient (Wildman–Crippen LogP) is 2.53. The van der Waals surface area contributed by atoms with Crippen LogP contribution in [0.1, 0.15) is 12.2 Å². The lowest BCUT2D eigenvalue weighted by atomic mass is 10.1. The first-order valence-electron chi connectivity index (χ1n) is 8.39. The second-order valence-corrected chi connectivity index (χ2v) is 6.13. The molecule has 1 aliphatic rings. The van der Waals surface area contributed by atoms with Crippen LogP contribution in [0, 0.1) is 5.92 Å². The van der Waals surface area contributed by atoms with Crippen molar-refractivity contribution in [3.8, 4) is 11.3 Å². The van der Waals surface area contributed by atoms with Gasteiger partial charge in [0.2, 0.25) is 5.91 Å². The number of nitrogens with one attached hydrogen (secondary N) is 1.